The number of hydrazone groups is 1. The standard InChI is InChI=1S/C20H25N6O2/c1-12(2)26-19-21-17-16(24(19)10-14(4)22-26)18(27)25(20(28)23(17)5)11-15-8-6-7-13(3)9-15/h6-9,12,16H,10-11H2,1-5H3/q+1. The molecular formula is C20H25N6O2+. The molecule has 0 saturated carbocycles. The van der Waals surface area contributed by atoms with Crippen molar-refractivity contribution >= 4 is 29.4 Å². The van der Waals surface area contributed by atoms with Gasteiger partial charge in [0.1, 0.15) is 6.54 Å². The van der Waals surface area contributed by atoms with Gasteiger partial charge in [-0.1, -0.05) is 34.8 Å². The van der Waals surface area contributed by atoms with Gasteiger partial charge in [-0.2, -0.15) is 0 Å². The van der Waals surface area contributed by atoms with Crippen LogP contribution in [-0.4, -0.2) is 74.5 Å². The molecule has 0 radical (unpaired) electrons. The zero-order valence-electron chi connectivity index (χ0n) is 16.9. The predicted octanol–water partition coefficient (Wildman–Crippen LogP) is 1.64. The molecule has 1 aromatic rings. The van der Waals surface area contributed by atoms with Gasteiger partial charge in [0.05, 0.1) is 18.3 Å². The largest absolute Gasteiger partial charge is 0.416 e. The maximum absolute atomic E-state index is 13.4. The third-order valence-electron chi connectivity index (χ3n) is 5.18. The van der Waals surface area contributed by atoms with Gasteiger partial charge >= 0.3 is 12.0 Å². The molecule has 4 rings (SSSR count). The number of aliphatic imine (C=N–C) groups is 1. The summed E-state index contributed by atoms with van der Waals surface area (Å²) in [5, 5.41) is 6.40. The number of hydrogen-bond donors (Lipinski definition) is 0. The zero-order chi connectivity index (χ0) is 20.2. The molecule has 1 unspecified atom stereocenters. The second-order valence-corrected chi connectivity index (χ2v) is 7.83. The molecule has 1 atom stereocenters. The van der Waals surface area contributed by atoms with Crippen LogP contribution < -0.4 is 0 Å². The van der Waals surface area contributed by atoms with E-state index >= 15 is 0 Å². The molecule has 0 aliphatic carbocycles. The Hall–Kier alpha value is -3.03. The second kappa shape index (κ2) is 6.54. The molecule has 3 aliphatic heterocycles. The minimum Gasteiger partial charge on any atom is -0.270 e. The van der Waals surface area contributed by atoms with Crippen molar-refractivity contribution in [1.82, 2.24) is 14.8 Å². The predicted molar refractivity (Wildman–Crippen MR) is 106 cm³/mol. The number of hydrogen-bond acceptors (Lipinski definition) is 5. The molecule has 1 fully saturated rings. The van der Waals surface area contributed by atoms with Crippen molar-refractivity contribution < 1.29 is 14.2 Å². The van der Waals surface area contributed by atoms with Gasteiger partial charge in [-0.15, -0.1) is 10.1 Å². The van der Waals surface area contributed by atoms with Gasteiger partial charge in [0, 0.05) is 7.05 Å². The highest BCUT2D eigenvalue weighted by atomic mass is 16.2. The number of rotatable bonds is 3. The normalized spacial score (nSPS) is 21.9. The maximum atomic E-state index is 13.4. The number of likely N-dealkylation sites (N-methyl/N-ethyl adjacent to an activating group) is 1. The van der Waals surface area contributed by atoms with Crippen molar-refractivity contribution in [1.29, 1.82) is 0 Å². The van der Waals surface area contributed by atoms with E-state index in [-0.39, 0.29) is 24.5 Å². The van der Waals surface area contributed by atoms with Gasteiger partial charge in [0.2, 0.25) is 11.9 Å². The number of aryl methyl sites for hydroxylation is 1. The van der Waals surface area contributed by atoms with Crippen LogP contribution in [0.5, 0.6) is 0 Å². The Balaban J connectivity index is 1.71. The van der Waals surface area contributed by atoms with Gasteiger partial charge in [-0.25, -0.2) is 9.37 Å². The van der Waals surface area contributed by atoms with Crippen molar-refractivity contribution in [2.24, 2.45) is 10.1 Å². The van der Waals surface area contributed by atoms with Crippen molar-refractivity contribution in [2.75, 3.05) is 13.6 Å². The summed E-state index contributed by atoms with van der Waals surface area (Å²) in [5.41, 5.74) is 2.93. The van der Waals surface area contributed by atoms with Crippen molar-refractivity contribution in [3.05, 3.63) is 35.4 Å². The van der Waals surface area contributed by atoms with Crippen molar-refractivity contribution in [3.63, 3.8) is 0 Å². The molecular weight excluding hydrogens is 356 g/mol. The molecule has 0 N–H and O–H groups in total. The summed E-state index contributed by atoms with van der Waals surface area (Å²) in [4.78, 5) is 33.8. The summed E-state index contributed by atoms with van der Waals surface area (Å²) >= 11 is 0. The van der Waals surface area contributed by atoms with Crippen molar-refractivity contribution in [3.8, 4) is 0 Å². The number of urea groups is 1. The summed E-state index contributed by atoms with van der Waals surface area (Å²) in [5.74, 6) is 0.865. The first-order chi connectivity index (χ1) is 13.3. The Morgan fingerprint density at radius 1 is 1.25 bits per heavy atom. The molecule has 3 heterocycles. The van der Waals surface area contributed by atoms with E-state index < -0.39 is 6.04 Å². The minimum absolute atomic E-state index is 0.0942. The highest BCUT2D eigenvalue weighted by Gasteiger charge is 2.54. The average molecular weight is 381 g/mol. The summed E-state index contributed by atoms with van der Waals surface area (Å²) in [6.07, 6.45) is 0. The zero-order valence-corrected chi connectivity index (χ0v) is 16.9. The number of imide groups is 1. The lowest BCUT2D eigenvalue weighted by atomic mass is 10.1. The molecule has 8 nitrogen and oxygen atoms in total. The molecule has 3 aliphatic rings. The SMILES string of the molecule is CC1=NN(C(C)C)C2=[N+](C1)C1C(=O)N(Cc3cccc(C)c3)C(=O)N(C)C1=N2. The number of fused-ring (bicyclic) bond motifs is 2. The van der Waals surface area contributed by atoms with E-state index in [0.717, 1.165) is 16.8 Å². The van der Waals surface area contributed by atoms with E-state index in [0.29, 0.717) is 18.3 Å². The van der Waals surface area contributed by atoms with E-state index in [2.05, 4.69) is 10.1 Å². The number of carbonyl (C=O) groups excluding carboxylic acids is 2. The molecule has 0 bridgehead atoms. The van der Waals surface area contributed by atoms with Crippen molar-refractivity contribution in [2.45, 2.75) is 46.3 Å². The van der Waals surface area contributed by atoms with E-state index in [1.165, 1.54) is 9.80 Å². The van der Waals surface area contributed by atoms with Gasteiger partial charge in [0.15, 0.2) is 0 Å². The first-order valence-electron chi connectivity index (χ1n) is 9.48. The number of guanidine groups is 1. The van der Waals surface area contributed by atoms with Gasteiger partial charge in [-0.05, 0) is 33.3 Å². The van der Waals surface area contributed by atoms with Crippen LogP contribution >= 0.6 is 0 Å². The van der Waals surface area contributed by atoms with Gasteiger partial charge < -0.3 is 0 Å². The highest BCUT2D eigenvalue weighted by Crippen LogP contribution is 2.25. The third kappa shape index (κ3) is 2.80. The molecule has 0 aromatic heterocycles. The first-order valence-corrected chi connectivity index (χ1v) is 9.48. The monoisotopic (exact) mass is 381 g/mol. The van der Waals surface area contributed by atoms with Crippen LogP contribution in [0.15, 0.2) is 34.4 Å². The van der Waals surface area contributed by atoms with E-state index in [1.807, 2.05) is 61.5 Å². The molecule has 8 heteroatoms. The number of nitrogens with zero attached hydrogens (tertiary/aromatic N) is 6. The highest BCUT2D eigenvalue weighted by molar-refractivity contribution is 6.23. The Morgan fingerprint density at radius 2 is 2.00 bits per heavy atom. The Labute approximate surface area is 164 Å². The summed E-state index contributed by atoms with van der Waals surface area (Å²) in [6.45, 7) is 8.75. The average Bonchev–Trinajstić information content (AvgIpc) is 3.02. The van der Waals surface area contributed by atoms with Crippen LogP contribution in [0.3, 0.4) is 0 Å². The topological polar surface area (TPSA) is 71.6 Å². The number of carbonyl (C=O) groups is 2. The Kier molecular flexibility index (Phi) is 4.28. The molecule has 146 valence electrons. The minimum atomic E-state index is -0.603. The maximum Gasteiger partial charge on any atom is 0.416 e. The Morgan fingerprint density at radius 3 is 2.68 bits per heavy atom. The van der Waals surface area contributed by atoms with E-state index in [1.54, 1.807) is 7.05 Å². The van der Waals surface area contributed by atoms with Crippen LogP contribution in [0, 0.1) is 6.92 Å². The molecule has 0 spiro atoms. The van der Waals surface area contributed by atoms with Gasteiger partial charge in [0.25, 0.3) is 5.91 Å². The first kappa shape index (κ1) is 18.3. The molecule has 1 saturated heterocycles. The number of amidine groups is 1. The number of amides is 3. The van der Waals surface area contributed by atoms with Gasteiger partial charge in [-0.3, -0.25) is 14.6 Å². The fourth-order valence-electron chi connectivity index (χ4n) is 3.84. The van der Waals surface area contributed by atoms with Crippen LogP contribution in [0.4, 0.5) is 4.79 Å². The Bertz CT molecular complexity index is 961. The lowest BCUT2D eigenvalue weighted by Gasteiger charge is -2.34. The smallest absolute Gasteiger partial charge is 0.270 e. The lowest BCUT2D eigenvalue weighted by Crippen LogP contribution is -2.63. The van der Waals surface area contributed by atoms with E-state index in [4.69, 9.17) is 0 Å². The van der Waals surface area contributed by atoms with Crippen LogP contribution in [0.2, 0.25) is 0 Å². The fraction of sp³-hybridized carbons (Fsp3) is 0.450. The summed E-state index contributed by atoms with van der Waals surface area (Å²) < 4.78 is 1.95. The van der Waals surface area contributed by atoms with E-state index in [9.17, 15) is 9.59 Å². The number of benzene rings is 1. The fourth-order valence-corrected chi connectivity index (χ4v) is 3.84. The summed E-state index contributed by atoms with van der Waals surface area (Å²) in [6, 6.07) is 7.00. The lowest BCUT2D eigenvalue weighted by molar-refractivity contribution is -0.528. The third-order valence-corrected chi connectivity index (χ3v) is 5.18. The summed E-state index contributed by atoms with van der Waals surface area (Å²) in [7, 11) is 1.68. The quantitative estimate of drug-likeness (QED) is 0.748. The van der Waals surface area contributed by atoms with Crippen LogP contribution in [0.25, 0.3) is 0 Å². The molecule has 28 heavy (non-hydrogen) atoms. The molecule has 3 amide bonds. The van der Waals surface area contributed by atoms with Crippen LogP contribution in [-0.2, 0) is 11.3 Å². The van der Waals surface area contributed by atoms with Crippen LogP contribution in [0.1, 0.15) is 31.9 Å². The second-order valence-electron chi connectivity index (χ2n) is 7.83. The molecule has 1 aromatic carbocycles.